The van der Waals surface area contributed by atoms with Crippen molar-refractivity contribution in [2.75, 3.05) is 0 Å². The van der Waals surface area contributed by atoms with Gasteiger partial charge in [-0.05, 0) is 25.5 Å². The van der Waals surface area contributed by atoms with Crippen LogP contribution in [0.1, 0.15) is 24.2 Å². The summed E-state index contributed by atoms with van der Waals surface area (Å²) >= 11 is 0. The fourth-order valence-electron chi connectivity index (χ4n) is 1.18. The number of rotatable bonds is 3. The minimum absolute atomic E-state index is 0.0370. The molecule has 0 aliphatic heterocycles. The van der Waals surface area contributed by atoms with Crippen molar-refractivity contribution >= 4 is 0 Å². The first-order chi connectivity index (χ1) is 6.50. The van der Waals surface area contributed by atoms with E-state index in [0.29, 0.717) is 5.56 Å². The predicted molar refractivity (Wildman–Crippen MR) is 48.4 cm³/mol. The Balaban J connectivity index is 3.03. The van der Waals surface area contributed by atoms with E-state index < -0.39 is 12.7 Å². The van der Waals surface area contributed by atoms with Crippen molar-refractivity contribution in [3.8, 4) is 5.75 Å². The van der Waals surface area contributed by atoms with Crippen LogP contribution in [0, 0.1) is 6.92 Å². The highest BCUT2D eigenvalue weighted by molar-refractivity contribution is 5.38. The highest BCUT2D eigenvalue weighted by atomic mass is 19.3. The average Bonchev–Trinajstić information content (AvgIpc) is 2.01. The first kappa shape index (κ1) is 10.9. The van der Waals surface area contributed by atoms with Gasteiger partial charge in [0, 0.05) is 5.56 Å². The Morgan fingerprint density at radius 1 is 1.36 bits per heavy atom. The van der Waals surface area contributed by atoms with Gasteiger partial charge in [-0.1, -0.05) is 12.1 Å². The molecule has 14 heavy (non-hydrogen) atoms. The van der Waals surface area contributed by atoms with Gasteiger partial charge in [0.15, 0.2) is 0 Å². The van der Waals surface area contributed by atoms with Crippen molar-refractivity contribution in [2.24, 2.45) is 0 Å². The molecule has 0 saturated carbocycles. The monoisotopic (exact) mass is 202 g/mol. The lowest BCUT2D eigenvalue weighted by atomic mass is 10.1. The fraction of sp³-hybridized carbons (Fsp3) is 0.400. The van der Waals surface area contributed by atoms with Crippen LogP contribution in [0.5, 0.6) is 5.75 Å². The summed E-state index contributed by atoms with van der Waals surface area (Å²) in [6, 6.07) is 4.80. The lowest BCUT2D eigenvalue weighted by Crippen LogP contribution is -2.06. The van der Waals surface area contributed by atoms with E-state index in [4.69, 9.17) is 0 Å². The van der Waals surface area contributed by atoms with Crippen LogP contribution in [0.25, 0.3) is 0 Å². The molecule has 1 rings (SSSR count). The van der Waals surface area contributed by atoms with Gasteiger partial charge in [0.1, 0.15) is 5.75 Å². The second kappa shape index (κ2) is 4.37. The minimum atomic E-state index is -2.87. The first-order valence-corrected chi connectivity index (χ1v) is 4.24. The zero-order valence-electron chi connectivity index (χ0n) is 8.00. The van der Waals surface area contributed by atoms with E-state index in [1.807, 2.05) is 0 Å². The van der Waals surface area contributed by atoms with E-state index in [1.165, 1.54) is 13.0 Å². The number of alkyl halides is 2. The lowest BCUT2D eigenvalue weighted by molar-refractivity contribution is -0.0514. The molecule has 0 radical (unpaired) electrons. The number of ether oxygens (including phenoxy) is 1. The molecule has 0 spiro atoms. The third-order valence-electron chi connectivity index (χ3n) is 1.84. The van der Waals surface area contributed by atoms with Gasteiger partial charge in [-0.15, -0.1) is 0 Å². The number of aliphatic hydroxyl groups excluding tert-OH is 1. The van der Waals surface area contributed by atoms with E-state index in [9.17, 15) is 13.9 Å². The second-order valence-electron chi connectivity index (χ2n) is 3.10. The van der Waals surface area contributed by atoms with Gasteiger partial charge < -0.3 is 9.84 Å². The highest BCUT2D eigenvalue weighted by Crippen LogP contribution is 2.27. The molecule has 0 amide bonds. The molecule has 0 bridgehead atoms. The molecule has 1 aromatic carbocycles. The van der Waals surface area contributed by atoms with E-state index in [2.05, 4.69) is 4.74 Å². The number of hydrogen-bond acceptors (Lipinski definition) is 2. The molecule has 0 fully saturated rings. The van der Waals surface area contributed by atoms with E-state index in [0.717, 1.165) is 5.56 Å². The molecule has 0 aliphatic rings. The highest BCUT2D eigenvalue weighted by Gasteiger charge is 2.12. The van der Waals surface area contributed by atoms with Gasteiger partial charge in [0.05, 0.1) is 6.10 Å². The first-order valence-electron chi connectivity index (χ1n) is 4.24. The van der Waals surface area contributed by atoms with Crippen LogP contribution in [0.3, 0.4) is 0 Å². The van der Waals surface area contributed by atoms with Crippen molar-refractivity contribution in [3.63, 3.8) is 0 Å². The maximum absolute atomic E-state index is 12.0. The predicted octanol–water partition coefficient (Wildman–Crippen LogP) is 2.65. The Kier molecular flexibility index (Phi) is 3.41. The van der Waals surface area contributed by atoms with Crippen LogP contribution in [0.4, 0.5) is 8.78 Å². The molecule has 2 nitrogen and oxygen atoms in total. The van der Waals surface area contributed by atoms with Gasteiger partial charge in [-0.3, -0.25) is 0 Å². The molecule has 0 heterocycles. The average molecular weight is 202 g/mol. The molecule has 0 unspecified atom stereocenters. The zero-order valence-corrected chi connectivity index (χ0v) is 8.00. The van der Waals surface area contributed by atoms with Crippen molar-refractivity contribution in [1.82, 2.24) is 0 Å². The van der Waals surface area contributed by atoms with E-state index >= 15 is 0 Å². The Bertz CT molecular complexity index is 311. The van der Waals surface area contributed by atoms with Crippen molar-refractivity contribution in [3.05, 3.63) is 29.3 Å². The van der Waals surface area contributed by atoms with Gasteiger partial charge in [-0.2, -0.15) is 8.78 Å². The molecular weight excluding hydrogens is 190 g/mol. The molecule has 4 heteroatoms. The van der Waals surface area contributed by atoms with Crippen molar-refractivity contribution in [2.45, 2.75) is 26.6 Å². The van der Waals surface area contributed by atoms with Gasteiger partial charge >= 0.3 is 6.61 Å². The summed E-state index contributed by atoms with van der Waals surface area (Å²) in [5.41, 5.74) is 1.18. The number of aryl methyl sites for hydroxylation is 1. The molecule has 0 saturated heterocycles. The van der Waals surface area contributed by atoms with E-state index in [-0.39, 0.29) is 5.75 Å². The Labute approximate surface area is 81.1 Å². The van der Waals surface area contributed by atoms with Crippen molar-refractivity contribution in [1.29, 1.82) is 0 Å². The van der Waals surface area contributed by atoms with Gasteiger partial charge in [0.25, 0.3) is 0 Å². The number of aliphatic hydroxyl groups is 1. The number of halogens is 2. The Hall–Kier alpha value is -1.16. The Morgan fingerprint density at radius 3 is 2.50 bits per heavy atom. The van der Waals surface area contributed by atoms with Crippen LogP contribution < -0.4 is 4.74 Å². The molecule has 1 aromatic rings. The van der Waals surface area contributed by atoms with Crippen LogP contribution in [0.2, 0.25) is 0 Å². The van der Waals surface area contributed by atoms with Crippen LogP contribution in [-0.4, -0.2) is 11.7 Å². The SMILES string of the molecule is Cc1ccc([C@@H](C)O)c(OC(F)F)c1. The smallest absolute Gasteiger partial charge is 0.387 e. The van der Waals surface area contributed by atoms with Crippen molar-refractivity contribution < 1.29 is 18.6 Å². The summed E-state index contributed by atoms with van der Waals surface area (Å²) in [6.45, 7) is 0.405. The second-order valence-corrected chi connectivity index (χ2v) is 3.10. The summed E-state index contributed by atoms with van der Waals surface area (Å²) in [4.78, 5) is 0. The van der Waals surface area contributed by atoms with E-state index in [1.54, 1.807) is 19.1 Å². The fourth-order valence-corrected chi connectivity index (χ4v) is 1.18. The summed E-state index contributed by atoms with van der Waals surface area (Å²) < 4.78 is 28.3. The topological polar surface area (TPSA) is 29.5 Å². The van der Waals surface area contributed by atoms with Gasteiger partial charge in [0.2, 0.25) is 0 Å². The van der Waals surface area contributed by atoms with Gasteiger partial charge in [-0.25, -0.2) is 0 Å². The molecular formula is C10H12F2O2. The number of hydrogen-bond donors (Lipinski definition) is 1. The molecule has 0 aliphatic carbocycles. The van der Waals surface area contributed by atoms with Crippen LogP contribution in [-0.2, 0) is 0 Å². The Morgan fingerprint density at radius 2 is 2.00 bits per heavy atom. The number of benzene rings is 1. The molecule has 1 atom stereocenters. The third kappa shape index (κ3) is 2.67. The quantitative estimate of drug-likeness (QED) is 0.816. The third-order valence-corrected chi connectivity index (χ3v) is 1.84. The summed E-state index contributed by atoms with van der Waals surface area (Å²) in [6.07, 6.45) is -0.815. The van der Waals surface area contributed by atoms with Crippen LogP contribution >= 0.6 is 0 Å². The largest absolute Gasteiger partial charge is 0.434 e. The summed E-state index contributed by atoms with van der Waals surface area (Å²) in [7, 11) is 0. The summed E-state index contributed by atoms with van der Waals surface area (Å²) in [5, 5.41) is 9.28. The zero-order chi connectivity index (χ0) is 10.7. The molecule has 1 N–H and O–H groups in total. The lowest BCUT2D eigenvalue weighted by Gasteiger charge is -2.13. The molecule has 0 aromatic heterocycles. The van der Waals surface area contributed by atoms with Crippen LogP contribution in [0.15, 0.2) is 18.2 Å². The summed E-state index contributed by atoms with van der Waals surface area (Å²) in [5.74, 6) is 0.0370. The molecule has 78 valence electrons. The normalized spacial score (nSPS) is 13.0. The minimum Gasteiger partial charge on any atom is -0.434 e. The maximum atomic E-state index is 12.0. The maximum Gasteiger partial charge on any atom is 0.387 e. The standard InChI is InChI=1S/C10H12F2O2/c1-6-3-4-8(7(2)13)9(5-6)14-10(11)12/h3-5,7,10,13H,1-2H3/t7-/m1/s1.